The molecule has 1 atom stereocenters. The highest BCUT2D eigenvalue weighted by Crippen LogP contribution is 2.32. The monoisotopic (exact) mass is 460 g/mol. The normalized spacial score (nSPS) is 16.7. The second kappa shape index (κ2) is 7.60. The molecule has 0 radical (unpaired) electrons. The number of nitrogens with zero attached hydrogens (tertiary/aromatic N) is 5. The molecule has 1 aliphatic rings. The van der Waals surface area contributed by atoms with Crippen molar-refractivity contribution in [2.24, 2.45) is 0 Å². The Hall–Kier alpha value is -3.45. The number of oxazole rings is 1. The molecule has 0 aromatic carbocycles. The number of hydrogen-bond donors (Lipinski definition) is 1. The van der Waals surface area contributed by atoms with Crippen molar-refractivity contribution >= 4 is 5.91 Å². The van der Waals surface area contributed by atoms with Gasteiger partial charge in [-0.15, -0.1) is 0 Å². The first kappa shape index (κ1) is 21.8. The Labute approximate surface area is 175 Å². The fourth-order valence-corrected chi connectivity index (χ4v) is 3.29. The van der Waals surface area contributed by atoms with Gasteiger partial charge in [-0.1, -0.05) is 0 Å². The van der Waals surface area contributed by atoms with Crippen LogP contribution in [0.3, 0.4) is 0 Å². The van der Waals surface area contributed by atoms with E-state index in [1.54, 1.807) is 0 Å². The van der Waals surface area contributed by atoms with Crippen molar-refractivity contribution in [1.82, 2.24) is 30.0 Å². The molecule has 0 bridgehead atoms. The van der Waals surface area contributed by atoms with E-state index in [4.69, 9.17) is 0 Å². The molecular formula is C18H14F6N6O2. The number of carbonyl (C=O) groups excluding carboxylic acids is 1. The van der Waals surface area contributed by atoms with Crippen molar-refractivity contribution < 1.29 is 35.6 Å². The van der Waals surface area contributed by atoms with Crippen molar-refractivity contribution in [1.29, 1.82) is 0 Å². The third-order valence-electron chi connectivity index (χ3n) is 4.73. The first-order valence-corrected chi connectivity index (χ1v) is 9.27. The minimum atomic E-state index is -4.84. The summed E-state index contributed by atoms with van der Waals surface area (Å²) in [6.45, 7) is 1.61. The zero-order chi connectivity index (χ0) is 23.3. The molecule has 0 aliphatic carbocycles. The van der Waals surface area contributed by atoms with Crippen LogP contribution in [-0.2, 0) is 18.9 Å². The van der Waals surface area contributed by atoms with Gasteiger partial charge in [0.2, 0.25) is 5.76 Å². The largest absolute Gasteiger partial charge is 0.468 e. The summed E-state index contributed by atoms with van der Waals surface area (Å²) in [5.74, 6) is -2.77. The van der Waals surface area contributed by atoms with Crippen LogP contribution in [0.5, 0.6) is 0 Å². The van der Waals surface area contributed by atoms with Crippen LogP contribution in [0.1, 0.15) is 52.5 Å². The number of carbonyl (C=O) groups is 1. The summed E-state index contributed by atoms with van der Waals surface area (Å²) in [7, 11) is 0. The summed E-state index contributed by atoms with van der Waals surface area (Å²) in [5.41, 5.74) is -1.25. The van der Waals surface area contributed by atoms with E-state index in [1.807, 2.05) is 0 Å². The zero-order valence-corrected chi connectivity index (χ0v) is 16.3. The minimum absolute atomic E-state index is 0.00394. The van der Waals surface area contributed by atoms with Gasteiger partial charge in [0, 0.05) is 18.3 Å². The lowest BCUT2D eigenvalue weighted by Crippen LogP contribution is -2.33. The van der Waals surface area contributed by atoms with Crippen LogP contribution in [0.15, 0.2) is 22.7 Å². The van der Waals surface area contributed by atoms with E-state index in [-0.39, 0.29) is 22.9 Å². The van der Waals surface area contributed by atoms with Gasteiger partial charge in [-0.25, -0.2) is 14.6 Å². The Morgan fingerprint density at radius 1 is 1.19 bits per heavy atom. The first-order valence-electron chi connectivity index (χ1n) is 9.27. The minimum Gasteiger partial charge on any atom is -0.427 e. The van der Waals surface area contributed by atoms with Crippen LogP contribution in [0.4, 0.5) is 26.3 Å². The lowest BCUT2D eigenvalue weighted by Gasteiger charge is -2.22. The van der Waals surface area contributed by atoms with Gasteiger partial charge in [-0.2, -0.15) is 31.4 Å². The fourth-order valence-electron chi connectivity index (χ4n) is 3.29. The van der Waals surface area contributed by atoms with E-state index in [0.717, 1.165) is 12.3 Å². The van der Waals surface area contributed by atoms with Crippen LogP contribution in [0.25, 0.3) is 11.4 Å². The van der Waals surface area contributed by atoms with Crippen molar-refractivity contribution in [3.05, 3.63) is 47.2 Å². The Morgan fingerprint density at radius 2 is 1.94 bits per heavy atom. The maximum Gasteiger partial charge on any atom is 0.468 e. The number of nitrogens with one attached hydrogen (secondary N) is 1. The molecule has 1 amide bonds. The van der Waals surface area contributed by atoms with Gasteiger partial charge in [0.1, 0.15) is 11.5 Å². The number of halogens is 6. The summed E-state index contributed by atoms with van der Waals surface area (Å²) >= 11 is 0. The van der Waals surface area contributed by atoms with Gasteiger partial charge in [-0.05, 0) is 31.9 Å². The molecule has 0 unspecified atom stereocenters. The predicted molar refractivity (Wildman–Crippen MR) is 93.9 cm³/mol. The van der Waals surface area contributed by atoms with E-state index >= 15 is 0 Å². The molecule has 0 saturated carbocycles. The van der Waals surface area contributed by atoms with Crippen LogP contribution in [0.2, 0.25) is 0 Å². The quantitative estimate of drug-likeness (QED) is 0.595. The van der Waals surface area contributed by atoms with Crippen molar-refractivity contribution in [2.45, 2.75) is 44.7 Å². The maximum atomic E-state index is 12.9. The summed E-state index contributed by atoms with van der Waals surface area (Å²) in [4.78, 5) is 23.3. The van der Waals surface area contributed by atoms with Gasteiger partial charge < -0.3 is 9.73 Å². The van der Waals surface area contributed by atoms with Crippen LogP contribution >= 0.6 is 0 Å². The molecular weight excluding hydrogens is 446 g/mol. The van der Waals surface area contributed by atoms with Gasteiger partial charge in [0.15, 0.2) is 5.82 Å². The van der Waals surface area contributed by atoms with Gasteiger partial charge in [-0.3, -0.25) is 9.78 Å². The predicted octanol–water partition coefficient (Wildman–Crippen LogP) is 3.94. The molecule has 0 fully saturated rings. The van der Waals surface area contributed by atoms with Crippen molar-refractivity contribution in [2.75, 3.05) is 0 Å². The van der Waals surface area contributed by atoms with E-state index < -0.39 is 41.6 Å². The highest BCUT2D eigenvalue weighted by Gasteiger charge is 2.39. The smallest absolute Gasteiger partial charge is 0.427 e. The topological polar surface area (TPSA) is 98.7 Å². The Kier molecular flexibility index (Phi) is 5.17. The number of hydrogen-bond acceptors (Lipinski definition) is 6. The molecule has 0 spiro atoms. The average molecular weight is 460 g/mol. The summed E-state index contributed by atoms with van der Waals surface area (Å²) in [6, 6.07) is 1.40. The summed E-state index contributed by atoms with van der Waals surface area (Å²) in [5, 5.41) is 6.74. The van der Waals surface area contributed by atoms with Crippen LogP contribution in [-0.4, -0.2) is 30.6 Å². The van der Waals surface area contributed by atoms with Gasteiger partial charge in [0.25, 0.3) is 5.91 Å². The Morgan fingerprint density at radius 3 is 2.59 bits per heavy atom. The van der Waals surface area contributed by atoms with Crippen LogP contribution in [0, 0.1) is 6.92 Å². The van der Waals surface area contributed by atoms with Gasteiger partial charge in [0.05, 0.1) is 11.7 Å². The summed E-state index contributed by atoms with van der Waals surface area (Å²) < 4.78 is 83.2. The lowest BCUT2D eigenvalue weighted by molar-refractivity contribution is -0.157. The molecule has 1 aliphatic heterocycles. The first-order chi connectivity index (χ1) is 14.9. The average Bonchev–Trinajstić information content (AvgIpc) is 3.32. The van der Waals surface area contributed by atoms with Crippen molar-refractivity contribution in [3.63, 3.8) is 0 Å². The lowest BCUT2D eigenvalue weighted by atomic mass is 10.1. The molecule has 14 heteroatoms. The third-order valence-corrected chi connectivity index (χ3v) is 4.73. The highest BCUT2D eigenvalue weighted by atomic mass is 19.4. The number of alkyl halides is 6. The van der Waals surface area contributed by atoms with Gasteiger partial charge >= 0.3 is 18.2 Å². The van der Waals surface area contributed by atoms with E-state index in [9.17, 15) is 31.1 Å². The second-order valence-electron chi connectivity index (χ2n) is 7.04. The second-order valence-corrected chi connectivity index (χ2v) is 7.04. The molecule has 3 aromatic heterocycles. The molecule has 1 N–H and O–H groups in total. The number of aromatic nitrogens is 5. The number of amides is 1. The highest BCUT2D eigenvalue weighted by molar-refractivity contribution is 5.92. The number of aryl methyl sites for hydroxylation is 2. The number of rotatable bonds is 3. The van der Waals surface area contributed by atoms with Crippen LogP contribution < -0.4 is 5.32 Å². The van der Waals surface area contributed by atoms with E-state index in [0.29, 0.717) is 19.4 Å². The molecule has 32 heavy (non-hydrogen) atoms. The maximum absolute atomic E-state index is 12.9. The number of pyridine rings is 1. The molecule has 0 saturated heterocycles. The van der Waals surface area contributed by atoms with Crippen molar-refractivity contribution in [3.8, 4) is 11.4 Å². The molecule has 4 heterocycles. The zero-order valence-electron chi connectivity index (χ0n) is 16.3. The fraction of sp³-hybridized carbons (Fsp3) is 0.389. The Balaban J connectivity index is 1.60. The standard InChI is InChI=1S/C18H14F6N6O2/c1-8-12(32-16(26-8)18(22,23)24)15(31)27-10-3-2-6-30-14(10)28-13(29-30)9-4-5-25-11(7-9)17(19,20)21/h4-5,7,10H,2-3,6H2,1H3,(H,27,31)/t10-/m1/s1. The SMILES string of the molecule is Cc1nc(C(F)(F)F)oc1C(=O)N[C@@H]1CCCn2nc(-c3ccnc(C(F)(F)F)c3)nc21. The van der Waals surface area contributed by atoms with E-state index in [2.05, 4.69) is 29.8 Å². The number of fused-ring (bicyclic) bond motifs is 1. The molecule has 3 aromatic rings. The molecule has 170 valence electrons. The van der Waals surface area contributed by atoms with E-state index in [1.165, 1.54) is 17.7 Å². The summed E-state index contributed by atoms with van der Waals surface area (Å²) in [6.07, 6.45) is -7.55. The molecule has 4 rings (SSSR count). The third kappa shape index (κ3) is 4.16. The molecule has 8 nitrogen and oxygen atoms in total. The Bertz CT molecular complexity index is 1170.